The minimum Gasteiger partial charge on any atom is -0.455 e. The van der Waals surface area contributed by atoms with Gasteiger partial charge in [0.15, 0.2) is 5.75 Å². The van der Waals surface area contributed by atoms with E-state index in [0.29, 0.717) is 19.8 Å². The summed E-state index contributed by atoms with van der Waals surface area (Å²) in [4.78, 5) is 17.9. The maximum atomic E-state index is 12.7. The van der Waals surface area contributed by atoms with Gasteiger partial charge in [0.25, 0.3) is 5.91 Å². The van der Waals surface area contributed by atoms with Crippen molar-refractivity contribution in [2.75, 3.05) is 40.1 Å². The standard InChI is InChI=1S/C22H26I4N2O5/c1-3-4-30-5-6-31-7-8-32-28-22(29)20(27-2)14-9-18(25)21(19(26)10-14)33-17-12-15(23)11-16(24)13-17/h9-13,20,27H,3-8H2,1-2H3,(H,28,29). The van der Waals surface area contributed by atoms with Crippen molar-refractivity contribution in [3.8, 4) is 11.5 Å². The number of hydrogen-bond donors (Lipinski definition) is 2. The molecule has 11 heteroatoms. The highest BCUT2D eigenvalue weighted by Gasteiger charge is 2.22. The van der Waals surface area contributed by atoms with Crippen molar-refractivity contribution in [3.05, 3.63) is 50.2 Å². The van der Waals surface area contributed by atoms with Gasteiger partial charge >= 0.3 is 0 Å². The van der Waals surface area contributed by atoms with E-state index < -0.39 is 6.04 Å². The Morgan fingerprint density at radius 3 is 2.03 bits per heavy atom. The zero-order chi connectivity index (χ0) is 24.2. The van der Waals surface area contributed by atoms with Gasteiger partial charge in [0.1, 0.15) is 11.8 Å². The van der Waals surface area contributed by atoms with E-state index in [1.165, 1.54) is 0 Å². The fourth-order valence-corrected chi connectivity index (χ4v) is 6.66. The Morgan fingerprint density at radius 2 is 1.45 bits per heavy atom. The largest absolute Gasteiger partial charge is 0.455 e. The van der Waals surface area contributed by atoms with Crippen molar-refractivity contribution < 1.29 is 23.8 Å². The van der Waals surface area contributed by atoms with Crippen LogP contribution in [0.1, 0.15) is 24.9 Å². The van der Waals surface area contributed by atoms with Crippen LogP contribution in [0, 0.1) is 14.3 Å². The van der Waals surface area contributed by atoms with Gasteiger partial charge in [-0.2, -0.15) is 0 Å². The second-order valence-corrected chi connectivity index (χ2v) is 11.6. The SMILES string of the molecule is CCCOCCOCCONC(=O)C(NC)c1cc(I)c(Oc2cc(I)cc(I)c2)c(I)c1. The molecule has 182 valence electrons. The Balaban J connectivity index is 1.92. The normalized spacial score (nSPS) is 11.9. The van der Waals surface area contributed by atoms with Crippen LogP contribution in [0.3, 0.4) is 0 Å². The number of likely N-dealkylation sites (N-methyl/N-ethyl adjacent to an activating group) is 1. The second-order valence-electron chi connectivity index (χ2n) is 6.78. The minimum absolute atomic E-state index is 0.256. The molecular weight excluding hydrogens is 880 g/mol. The predicted octanol–water partition coefficient (Wildman–Crippen LogP) is 5.65. The van der Waals surface area contributed by atoms with Crippen LogP contribution >= 0.6 is 90.4 Å². The first-order valence-electron chi connectivity index (χ1n) is 10.2. The Kier molecular flexibility index (Phi) is 14.6. The molecule has 1 unspecified atom stereocenters. The van der Waals surface area contributed by atoms with Gasteiger partial charge in [0.2, 0.25) is 0 Å². The highest BCUT2D eigenvalue weighted by molar-refractivity contribution is 14.1. The summed E-state index contributed by atoms with van der Waals surface area (Å²) in [7, 11) is 1.74. The highest BCUT2D eigenvalue weighted by Crippen LogP contribution is 2.35. The number of hydrogen-bond acceptors (Lipinski definition) is 6. The molecule has 0 aromatic heterocycles. The molecule has 0 bridgehead atoms. The Hall–Kier alpha value is 0.470. The van der Waals surface area contributed by atoms with Crippen LogP contribution in [0.2, 0.25) is 0 Å². The molecule has 0 saturated heterocycles. The van der Waals surface area contributed by atoms with E-state index in [9.17, 15) is 4.79 Å². The van der Waals surface area contributed by atoms with Crippen LogP contribution in [0.4, 0.5) is 0 Å². The fraction of sp³-hybridized carbons (Fsp3) is 0.409. The molecule has 1 amide bonds. The van der Waals surface area contributed by atoms with Crippen LogP contribution in [-0.4, -0.2) is 46.0 Å². The van der Waals surface area contributed by atoms with Gasteiger partial charge in [-0.15, -0.1) is 0 Å². The van der Waals surface area contributed by atoms with Gasteiger partial charge in [0, 0.05) is 13.7 Å². The number of hydroxylamine groups is 1. The smallest absolute Gasteiger partial charge is 0.265 e. The number of benzene rings is 2. The first kappa shape index (κ1) is 29.7. The van der Waals surface area contributed by atoms with E-state index in [1.807, 2.05) is 24.3 Å². The topological polar surface area (TPSA) is 78.0 Å². The van der Waals surface area contributed by atoms with Crippen molar-refractivity contribution in [3.63, 3.8) is 0 Å². The van der Waals surface area contributed by atoms with E-state index in [4.69, 9.17) is 19.0 Å². The molecule has 0 radical (unpaired) electrons. The number of amides is 1. The molecule has 1 atom stereocenters. The van der Waals surface area contributed by atoms with E-state index in [1.54, 1.807) is 7.05 Å². The molecule has 2 N–H and O–H groups in total. The van der Waals surface area contributed by atoms with Crippen LogP contribution in [-0.2, 0) is 19.1 Å². The lowest BCUT2D eigenvalue weighted by atomic mass is 10.1. The van der Waals surface area contributed by atoms with Gasteiger partial charge in [-0.1, -0.05) is 6.92 Å². The lowest BCUT2D eigenvalue weighted by Gasteiger charge is -2.19. The summed E-state index contributed by atoms with van der Waals surface area (Å²) in [5.41, 5.74) is 3.32. The lowest BCUT2D eigenvalue weighted by Crippen LogP contribution is -2.36. The Labute approximate surface area is 249 Å². The van der Waals surface area contributed by atoms with Gasteiger partial charge in [-0.05, 0) is 140 Å². The molecule has 0 aliphatic heterocycles. The molecule has 7 nitrogen and oxygen atoms in total. The first-order valence-corrected chi connectivity index (χ1v) is 14.5. The van der Waals surface area contributed by atoms with E-state index in [0.717, 1.165) is 44.4 Å². The molecular formula is C22H26I4N2O5. The second kappa shape index (κ2) is 16.3. The highest BCUT2D eigenvalue weighted by atomic mass is 127. The van der Waals surface area contributed by atoms with Crippen molar-refractivity contribution in [2.45, 2.75) is 19.4 Å². The van der Waals surface area contributed by atoms with Crippen LogP contribution in [0.15, 0.2) is 30.3 Å². The van der Waals surface area contributed by atoms with Crippen molar-refractivity contribution >= 4 is 96.3 Å². The Morgan fingerprint density at radius 1 is 0.879 bits per heavy atom. The van der Waals surface area contributed by atoms with Gasteiger partial charge in [0.05, 0.1) is 33.6 Å². The zero-order valence-corrected chi connectivity index (χ0v) is 26.9. The molecule has 2 rings (SSSR count). The van der Waals surface area contributed by atoms with E-state index >= 15 is 0 Å². The number of nitrogens with one attached hydrogen (secondary N) is 2. The van der Waals surface area contributed by atoms with Gasteiger partial charge < -0.3 is 19.5 Å². The lowest BCUT2D eigenvalue weighted by molar-refractivity contribution is -0.137. The summed E-state index contributed by atoms with van der Waals surface area (Å²) >= 11 is 9.02. The molecule has 33 heavy (non-hydrogen) atoms. The monoisotopic (exact) mass is 906 g/mol. The summed E-state index contributed by atoms with van der Waals surface area (Å²) in [6.45, 7) is 4.49. The van der Waals surface area contributed by atoms with E-state index in [2.05, 4.69) is 114 Å². The summed E-state index contributed by atoms with van der Waals surface area (Å²) in [5.74, 6) is 1.27. The third-order valence-corrected chi connectivity index (χ3v) is 7.03. The number of rotatable bonds is 14. The van der Waals surface area contributed by atoms with Crippen LogP contribution in [0.5, 0.6) is 11.5 Å². The minimum atomic E-state index is -0.567. The van der Waals surface area contributed by atoms with Crippen molar-refractivity contribution in [2.24, 2.45) is 0 Å². The third kappa shape index (κ3) is 10.5. The quantitative estimate of drug-likeness (QED) is 0.145. The molecule has 0 saturated carbocycles. The van der Waals surface area contributed by atoms with Crippen molar-refractivity contribution in [1.82, 2.24) is 10.8 Å². The van der Waals surface area contributed by atoms with Crippen LogP contribution in [0.25, 0.3) is 0 Å². The zero-order valence-electron chi connectivity index (χ0n) is 18.3. The van der Waals surface area contributed by atoms with E-state index in [-0.39, 0.29) is 12.5 Å². The molecule has 0 heterocycles. The molecule has 0 fully saturated rings. The summed E-state index contributed by atoms with van der Waals surface area (Å²) in [5, 5.41) is 3.05. The molecule has 0 aliphatic rings. The van der Waals surface area contributed by atoms with Gasteiger partial charge in [-0.25, -0.2) is 5.48 Å². The number of ether oxygens (including phenoxy) is 3. The summed E-state index contributed by atoms with van der Waals surface area (Å²) < 4.78 is 21.0. The fourth-order valence-electron chi connectivity index (χ4n) is 2.75. The summed E-state index contributed by atoms with van der Waals surface area (Å²) in [6.07, 6.45) is 0.988. The molecule has 0 aliphatic carbocycles. The van der Waals surface area contributed by atoms with Crippen LogP contribution < -0.4 is 15.5 Å². The third-order valence-electron chi connectivity index (χ3n) is 4.18. The van der Waals surface area contributed by atoms with Gasteiger partial charge in [-0.3, -0.25) is 9.63 Å². The molecule has 2 aromatic rings. The number of halogens is 4. The maximum absolute atomic E-state index is 12.7. The summed E-state index contributed by atoms with van der Waals surface area (Å²) in [6, 6.07) is 9.38. The molecule has 2 aromatic carbocycles. The number of carbonyl (C=O) groups is 1. The Bertz CT molecular complexity index is 873. The van der Waals surface area contributed by atoms with Crippen molar-refractivity contribution in [1.29, 1.82) is 0 Å². The first-order chi connectivity index (χ1) is 15.8. The average Bonchev–Trinajstić information content (AvgIpc) is 2.75. The predicted molar refractivity (Wildman–Crippen MR) is 162 cm³/mol. The number of carbonyl (C=O) groups excluding carboxylic acids is 1. The average molecular weight is 906 g/mol. The maximum Gasteiger partial charge on any atom is 0.265 e. The molecule has 0 spiro atoms.